The Bertz CT molecular complexity index is 457. The minimum absolute atomic E-state index is 0.0238. The Labute approximate surface area is 110 Å². The summed E-state index contributed by atoms with van der Waals surface area (Å²) >= 11 is 0. The Kier molecular flexibility index (Phi) is 5.53. The van der Waals surface area contributed by atoms with Crippen LogP contribution in [0.4, 0.5) is 0 Å². The van der Waals surface area contributed by atoms with E-state index in [2.05, 4.69) is 5.32 Å². The lowest BCUT2D eigenvalue weighted by atomic mass is 10.1. The average molecular weight is 263 g/mol. The molecule has 1 aromatic carbocycles. The predicted molar refractivity (Wildman–Crippen MR) is 61.3 cm³/mol. The first kappa shape index (κ1) is 14.7. The highest BCUT2D eigenvalue weighted by molar-refractivity contribution is 5.84. The van der Waals surface area contributed by atoms with Crippen LogP contribution in [-0.2, 0) is 20.8 Å². The molecule has 0 radical (unpaired) electrons. The minimum Gasteiger partial charge on any atom is -0.550 e. The number of carbonyl (C=O) groups excluding carboxylic acids is 3. The molecule has 0 aliphatic carbocycles. The molecule has 0 saturated heterocycles. The number of aliphatic carboxylic acids is 2. The van der Waals surface area contributed by atoms with Crippen LogP contribution in [0.5, 0.6) is 0 Å². The first-order chi connectivity index (χ1) is 8.99. The van der Waals surface area contributed by atoms with Crippen LogP contribution in [0.25, 0.3) is 0 Å². The highest BCUT2D eigenvalue weighted by Gasteiger charge is 2.13. The number of rotatable bonds is 7. The van der Waals surface area contributed by atoms with E-state index < -0.39 is 30.3 Å². The van der Waals surface area contributed by atoms with Gasteiger partial charge in [0.1, 0.15) is 0 Å². The number of nitrogens with one attached hydrogen (secondary N) is 1. The van der Waals surface area contributed by atoms with Crippen LogP contribution >= 0.6 is 0 Å². The largest absolute Gasteiger partial charge is 0.550 e. The van der Waals surface area contributed by atoms with E-state index in [0.717, 1.165) is 5.56 Å². The lowest BCUT2D eigenvalue weighted by molar-refractivity contribution is -0.310. The number of carbonyl (C=O) groups is 3. The fraction of sp³-hybridized carbons (Fsp3) is 0.308. The second kappa shape index (κ2) is 7.15. The van der Waals surface area contributed by atoms with Crippen LogP contribution in [0.1, 0.15) is 18.4 Å². The zero-order valence-corrected chi connectivity index (χ0v) is 10.1. The molecule has 0 heterocycles. The van der Waals surface area contributed by atoms with Crippen molar-refractivity contribution in [2.75, 3.05) is 0 Å². The van der Waals surface area contributed by atoms with Crippen LogP contribution < -0.4 is 15.5 Å². The van der Waals surface area contributed by atoms with Gasteiger partial charge < -0.3 is 25.1 Å². The van der Waals surface area contributed by atoms with Crippen molar-refractivity contribution in [3.63, 3.8) is 0 Å². The van der Waals surface area contributed by atoms with Crippen molar-refractivity contribution >= 4 is 17.8 Å². The van der Waals surface area contributed by atoms with Crippen molar-refractivity contribution in [3.8, 4) is 0 Å². The van der Waals surface area contributed by atoms with Gasteiger partial charge in [0.15, 0.2) is 0 Å². The minimum atomic E-state index is -1.51. The summed E-state index contributed by atoms with van der Waals surface area (Å²) < 4.78 is 0. The molecule has 0 spiro atoms. The lowest BCUT2D eigenvalue weighted by Crippen LogP contribution is -2.48. The molecule has 0 fully saturated rings. The molecule has 1 unspecified atom stereocenters. The normalized spacial score (nSPS) is 11.6. The molecule has 1 aromatic rings. The lowest BCUT2D eigenvalue weighted by Gasteiger charge is -2.19. The van der Waals surface area contributed by atoms with Crippen LogP contribution in [0.15, 0.2) is 30.3 Å². The van der Waals surface area contributed by atoms with E-state index in [1.165, 1.54) is 0 Å². The quantitative estimate of drug-likeness (QED) is 0.611. The van der Waals surface area contributed by atoms with Gasteiger partial charge >= 0.3 is 0 Å². The molecular formula is C13H13NO5-2. The molecule has 6 heteroatoms. The maximum atomic E-state index is 11.6. The zero-order valence-electron chi connectivity index (χ0n) is 10.1. The van der Waals surface area contributed by atoms with Crippen LogP contribution in [0, 0.1) is 0 Å². The van der Waals surface area contributed by atoms with Crippen molar-refractivity contribution < 1.29 is 24.6 Å². The van der Waals surface area contributed by atoms with E-state index in [4.69, 9.17) is 0 Å². The maximum absolute atomic E-state index is 11.6. The third kappa shape index (κ3) is 5.67. The molecule has 19 heavy (non-hydrogen) atoms. The smallest absolute Gasteiger partial charge is 0.224 e. The van der Waals surface area contributed by atoms with Gasteiger partial charge in [0.05, 0.1) is 18.4 Å². The van der Waals surface area contributed by atoms with Gasteiger partial charge in [-0.3, -0.25) is 4.79 Å². The number of carboxylic acids is 2. The fourth-order valence-electron chi connectivity index (χ4n) is 1.54. The number of hydrogen-bond acceptors (Lipinski definition) is 5. The van der Waals surface area contributed by atoms with E-state index in [-0.39, 0.29) is 12.8 Å². The first-order valence-corrected chi connectivity index (χ1v) is 5.73. The molecule has 0 saturated carbocycles. The van der Waals surface area contributed by atoms with E-state index in [0.29, 0.717) is 0 Å². The van der Waals surface area contributed by atoms with Crippen LogP contribution in [-0.4, -0.2) is 23.9 Å². The molecule has 102 valence electrons. The van der Waals surface area contributed by atoms with Crippen molar-refractivity contribution in [2.45, 2.75) is 25.3 Å². The molecule has 1 rings (SSSR count). The van der Waals surface area contributed by atoms with Crippen molar-refractivity contribution in [3.05, 3.63) is 35.9 Å². The Hall–Kier alpha value is -2.37. The van der Waals surface area contributed by atoms with Gasteiger partial charge in [-0.1, -0.05) is 30.3 Å². The number of amides is 1. The van der Waals surface area contributed by atoms with Crippen LogP contribution in [0.2, 0.25) is 0 Å². The molecule has 0 aliphatic heterocycles. The fourth-order valence-corrected chi connectivity index (χ4v) is 1.54. The van der Waals surface area contributed by atoms with E-state index in [9.17, 15) is 24.6 Å². The molecular weight excluding hydrogens is 250 g/mol. The maximum Gasteiger partial charge on any atom is 0.224 e. The highest BCUT2D eigenvalue weighted by Crippen LogP contribution is 2.01. The molecule has 1 N–H and O–H groups in total. The monoisotopic (exact) mass is 263 g/mol. The Morgan fingerprint density at radius 1 is 1.11 bits per heavy atom. The topological polar surface area (TPSA) is 109 Å². The van der Waals surface area contributed by atoms with Gasteiger partial charge in [-0.15, -0.1) is 0 Å². The summed E-state index contributed by atoms with van der Waals surface area (Å²) in [5.41, 5.74) is 0.733. The summed E-state index contributed by atoms with van der Waals surface area (Å²) in [6.07, 6.45) is -0.689. The van der Waals surface area contributed by atoms with Gasteiger partial charge in [0.2, 0.25) is 5.91 Å². The van der Waals surface area contributed by atoms with Gasteiger partial charge in [-0.05, 0) is 18.4 Å². The summed E-state index contributed by atoms with van der Waals surface area (Å²) in [4.78, 5) is 32.6. The molecule has 1 atom stereocenters. The zero-order chi connectivity index (χ0) is 14.3. The summed E-state index contributed by atoms with van der Waals surface area (Å²) in [6, 6.07) is 7.45. The van der Waals surface area contributed by atoms with E-state index >= 15 is 0 Å². The predicted octanol–water partition coefficient (Wildman–Crippen LogP) is -2.01. The second-order valence-electron chi connectivity index (χ2n) is 4.01. The standard InChI is InChI=1S/C13H15NO5/c15-11(8-9-4-2-1-3-5-9)14-10(13(18)19)6-7-12(16)17/h1-5,10H,6-8H2,(H,14,15)(H,16,17)(H,18,19)/p-2. The SMILES string of the molecule is O=C([O-])CCC(NC(=O)Cc1ccccc1)C(=O)[O-]. The van der Waals surface area contributed by atoms with Gasteiger partial charge in [0, 0.05) is 5.97 Å². The number of hydrogen-bond donors (Lipinski definition) is 1. The van der Waals surface area contributed by atoms with Crippen molar-refractivity contribution in [2.24, 2.45) is 0 Å². The molecule has 6 nitrogen and oxygen atoms in total. The Morgan fingerprint density at radius 2 is 1.74 bits per heavy atom. The third-order valence-corrected chi connectivity index (χ3v) is 2.46. The average Bonchev–Trinajstić information content (AvgIpc) is 2.35. The Morgan fingerprint density at radius 3 is 2.26 bits per heavy atom. The van der Waals surface area contributed by atoms with E-state index in [1.54, 1.807) is 30.3 Å². The van der Waals surface area contributed by atoms with Crippen molar-refractivity contribution in [1.29, 1.82) is 0 Å². The second-order valence-corrected chi connectivity index (χ2v) is 4.01. The molecule has 0 aromatic heterocycles. The number of carboxylic acid groups (broad SMARTS) is 2. The highest BCUT2D eigenvalue weighted by atomic mass is 16.4. The summed E-state index contributed by atoms with van der Waals surface area (Å²) in [6.45, 7) is 0. The molecule has 1 amide bonds. The summed E-state index contributed by atoms with van der Waals surface area (Å²) in [5.74, 6) is -3.38. The summed E-state index contributed by atoms with van der Waals surface area (Å²) in [5, 5.41) is 23.3. The van der Waals surface area contributed by atoms with Crippen molar-refractivity contribution in [1.82, 2.24) is 5.32 Å². The van der Waals surface area contributed by atoms with Gasteiger partial charge in [0.25, 0.3) is 0 Å². The van der Waals surface area contributed by atoms with E-state index in [1.807, 2.05) is 0 Å². The molecule has 0 bridgehead atoms. The Balaban J connectivity index is 2.52. The third-order valence-electron chi connectivity index (χ3n) is 2.46. The van der Waals surface area contributed by atoms with Gasteiger partial charge in [-0.2, -0.15) is 0 Å². The van der Waals surface area contributed by atoms with Gasteiger partial charge in [-0.25, -0.2) is 0 Å². The molecule has 0 aliphatic rings. The first-order valence-electron chi connectivity index (χ1n) is 5.73. The summed E-state index contributed by atoms with van der Waals surface area (Å²) in [7, 11) is 0. The number of benzene rings is 1. The van der Waals surface area contributed by atoms with Crippen LogP contribution in [0.3, 0.4) is 0 Å².